The third-order valence-electron chi connectivity index (χ3n) is 3.97. The fourth-order valence-electron chi connectivity index (χ4n) is 2.46. The van der Waals surface area contributed by atoms with Gasteiger partial charge in [0.15, 0.2) is 0 Å². The molecule has 0 aromatic rings. The second-order valence-electron chi connectivity index (χ2n) is 7.28. The predicted octanol–water partition coefficient (Wildman–Crippen LogP) is 3.43. The molecular formula is C14H27F3N2. The summed E-state index contributed by atoms with van der Waals surface area (Å²) in [5, 5.41) is 3.52. The van der Waals surface area contributed by atoms with Gasteiger partial charge in [-0.15, -0.1) is 0 Å². The zero-order valence-electron chi connectivity index (χ0n) is 12.7. The lowest BCUT2D eigenvalue weighted by Crippen LogP contribution is -2.64. The van der Waals surface area contributed by atoms with Crippen molar-refractivity contribution >= 4 is 0 Å². The van der Waals surface area contributed by atoms with Crippen LogP contribution in [0.3, 0.4) is 0 Å². The van der Waals surface area contributed by atoms with Crippen molar-refractivity contribution in [1.29, 1.82) is 0 Å². The summed E-state index contributed by atoms with van der Waals surface area (Å²) in [5.41, 5.74) is 0.0477. The Bertz CT molecular complexity index is 292. The molecule has 1 fully saturated rings. The van der Waals surface area contributed by atoms with Crippen molar-refractivity contribution in [3.8, 4) is 0 Å². The molecule has 1 aliphatic rings. The van der Waals surface area contributed by atoms with Gasteiger partial charge in [-0.2, -0.15) is 13.2 Å². The lowest BCUT2D eigenvalue weighted by molar-refractivity contribution is -0.137. The molecule has 1 rings (SSSR count). The number of hydrogen-bond acceptors (Lipinski definition) is 2. The van der Waals surface area contributed by atoms with E-state index in [0.717, 1.165) is 13.1 Å². The maximum absolute atomic E-state index is 12.2. The summed E-state index contributed by atoms with van der Waals surface area (Å²) in [6, 6.07) is 0.325. The van der Waals surface area contributed by atoms with Gasteiger partial charge in [0.05, 0.1) is 0 Å². The highest BCUT2D eigenvalue weighted by atomic mass is 19.4. The molecule has 19 heavy (non-hydrogen) atoms. The van der Waals surface area contributed by atoms with Gasteiger partial charge in [-0.3, -0.25) is 4.90 Å². The molecule has 0 aliphatic carbocycles. The Hall–Kier alpha value is -0.290. The van der Waals surface area contributed by atoms with Gasteiger partial charge in [0.1, 0.15) is 0 Å². The molecule has 1 saturated heterocycles. The first-order valence-electron chi connectivity index (χ1n) is 6.97. The van der Waals surface area contributed by atoms with E-state index in [4.69, 9.17) is 0 Å². The lowest BCUT2D eigenvalue weighted by atomic mass is 9.83. The van der Waals surface area contributed by atoms with Crippen molar-refractivity contribution in [2.45, 2.75) is 65.2 Å². The van der Waals surface area contributed by atoms with Crippen LogP contribution >= 0.6 is 0 Å². The second-order valence-corrected chi connectivity index (χ2v) is 7.28. The molecule has 1 aliphatic heterocycles. The van der Waals surface area contributed by atoms with Crippen LogP contribution in [0.4, 0.5) is 13.2 Å². The highest BCUT2D eigenvalue weighted by Gasteiger charge is 2.38. The molecule has 1 atom stereocenters. The van der Waals surface area contributed by atoms with E-state index < -0.39 is 12.6 Å². The van der Waals surface area contributed by atoms with E-state index in [-0.39, 0.29) is 17.4 Å². The first-order chi connectivity index (χ1) is 8.42. The summed E-state index contributed by atoms with van der Waals surface area (Å²) in [5.74, 6) is 0. The van der Waals surface area contributed by atoms with Crippen molar-refractivity contribution < 1.29 is 13.2 Å². The normalized spacial score (nSPS) is 25.6. The lowest BCUT2D eigenvalue weighted by Gasteiger charge is -2.49. The Labute approximate surface area is 114 Å². The van der Waals surface area contributed by atoms with E-state index in [1.165, 1.54) is 0 Å². The molecule has 0 radical (unpaired) electrons. The molecule has 114 valence electrons. The first kappa shape index (κ1) is 16.8. The first-order valence-corrected chi connectivity index (χ1v) is 6.97. The molecule has 1 heterocycles. The molecule has 0 aromatic heterocycles. The van der Waals surface area contributed by atoms with Crippen LogP contribution in [0.15, 0.2) is 0 Å². The van der Waals surface area contributed by atoms with Gasteiger partial charge < -0.3 is 5.32 Å². The fourth-order valence-corrected chi connectivity index (χ4v) is 2.46. The summed E-state index contributed by atoms with van der Waals surface area (Å²) >= 11 is 0. The van der Waals surface area contributed by atoms with Gasteiger partial charge in [0.25, 0.3) is 0 Å². The SMILES string of the molecule is CC(C)(C)C1CN(CCCC(F)(F)F)C(C)(C)CN1. The van der Waals surface area contributed by atoms with E-state index in [0.29, 0.717) is 12.6 Å². The van der Waals surface area contributed by atoms with Crippen molar-refractivity contribution in [3.05, 3.63) is 0 Å². The van der Waals surface area contributed by atoms with Gasteiger partial charge >= 0.3 is 6.18 Å². The Kier molecular flexibility index (Phi) is 4.94. The van der Waals surface area contributed by atoms with Crippen LogP contribution in [0.25, 0.3) is 0 Å². The van der Waals surface area contributed by atoms with Gasteiger partial charge in [-0.05, 0) is 32.2 Å². The summed E-state index contributed by atoms with van der Waals surface area (Å²) in [7, 11) is 0. The summed E-state index contributed by atoms with van der Waals surface area (Å²) in [6.07, 6.45) is -4.54. The second kappa shape index (κ2) is 5.60. The average molecular weight is 280 g/mol. The molecule has 1 N–H and O–H groups in total. The van der Waals surface area contributed by atoms with Crippen molar-refractivity contribution in [3.63, 3.8) is 0 Å². The van der Waals surface area contributed by atoms with Crippen LogP contribution < -0.4 is 5.32 Å². The highest BCUT2D eigenvalue weighted by Crippen LogP contribution is 2.28. The van der Waals surface area contributed by atoms with Crippen molar-refractivity contribution in [2.75, 3.05) is 19.6 Å². The van der Waals surface area contributed by atoms with E-state index in [2.05, 4.69) is 44.8 Å². The van der Waals surface area contributed by atoms with Crippen LogP contribution in [0, 0.1) is 5.41 Å². The minimum Gasteiger partial charge on any atom is -0.310 e. The molecule has 0 aromatic carbocycles. The minimum absolute atomic E-state index is 0.0760. The summed E-state index contributed by atoms with van der Waals surface area (Å²) in [6.45, 7) is 12.8. The number of nitrogens with zero attached hydrogens (tertiary/aromatic N) is 1. The average Bonchev–Trinajstić information content (AvgIpc) is 2.16. The van der Waals surface area contributed by atoms with Crippen LogP contribution in [-0.4, -0.2) is 42.3 Å². The Balaban J connectivity index is 2.57. The van der Waals surface area contributed by atoms with Gasteiger partial charge in [0, 0.05) is 31.1 Å². The fraction of sp³-hybridized carbons (Fsp3) is 1.00. The molecule has 0 amide bonds. The quantitative estimate of drug-likeness (QED) is 0.852. The number of rotatable bonds is 3. The molecule has 0 saturated carbocycles. The summed E-state index contributed by atoms with van der Waals surface area (Å²) < 4.78 is 36.7. The van der Waals surface area contributed by atoms with E-state index >= 15 is 0 Å². The van der Waals surface area contributed by atoms with Gasteiger partial charge in [-0.1, -0.05) is 20.8 Å². The maximum atomic E-state index is 12.2. The summed E-state index contributed by atoms with van der Waals surface area (Å²) in [4.78, 5) is 2.20. The minimum atomic E-state index is -4.04. The maximum Gasteiger partial charge on any atom is 0.389 e. The Morgan fingerprint density at radius 2 is 1.79 bits per heavy atom. The molecule has 5 heteroatoms. The Morgan fingerprint density at radius 1 is 1.21 bits per heavy atom. The molecule has 1 unspecified atom stereocenters. The molecule has 0 bridgehead atoms. The van der Waals surface area contributed by atoms with E-state index in [1.807, 2.05) is 0 Å². The monoisotopic (exact) mass is 280 g/mol. The topological polar surface area (TPSA) is 15.3 Å². The van der Waals surface area contributed by atoms with Crippen molar-refractivity contribution in [1.82, 2.24) is 10.2 Å². The smallest absolute Gasteiger partial charge is 0.310 e. The largest absolute Gasteiger partial charge is 0.389 e. The van der Waals surface area contributed by atoms with Gasteiger partial charge in [-0.25, -0.2) is 0 Å². The number of halogens is 3. The zero-order chi connectivity index (χ0) is 14.9. The number of piperazine rings is 1. The van der Waals surface area contributed by atoms with E-state index in [9.17, 15) is 13.2 Å². The standard InChI is InChI=1S/C14H27F3N2/c1-12(2,3)11-9-19(13(4,5)10-18-11)8-6-7-14(15,16)17/h11,18H,6-10H2,1-5H3. The molecule has 0 spiro atoms. The van der Waals surface area contributed by atoms with Crippen LogP contribution in [0.5, 0.6) is 0 Å². The van der Waals surface area contributed by atoms with Crippen LogP contribution in [-0.2, 0) is 0 Å². The molecular weight excluding hydrogens is 253 g/mol. The van der Waals surface area contributed by atoms with Crippen LogP contribution in [0.2, 0.25) is 0 Å². The zero-order valence-corrected chi connectivity index (χ0v) is 12.7. The number of alkyl halides is 3. The van der Waals surface area contributed by atoms with Crippen LogP contribution in [0.1, 0.15) is 47.5 Å². The predicted molar refractivity (Wildman–Crippen MR) is 72.2 cm³/mol. The van der Waals surface area contributed by atoms with Gasteiger partial charge in [0.2, 0.25) is 0 Å². The van der Waals surface area contributed by atoms with E-state index in [1.54, 1.807) is 0 Å². The molecule has 2 nitrogen and oxygen atoms in total. The Morgan fingerprint density at radius 3 is 2.26 bits per heavy atom. The number of nitrogens with one attached hydrogen (secondary N) is 1. The highest BCUT2D eigenvalue weighted by molar-refractivity contribution is 4.96. The number of hydrogen-bond donors (Lipinski definition) is 1. The third-order valence-corrected chi connectivity index (χ3v) is 3.97. The third kappa shape index (κ3) is 5.30. The van der Waals surface area contributed by atoms with Crippen molar-refractivity contribution in [2.24, 2.45) is 5.41 Å².